The first kappa shape index (κ1) is 20.0. The van der Waals surface area contributed by atoms with Crippen molar-refractivity contribution in [1.29, 1.82) is 0 Å². The van der Waals surface area contributed by atoms with Crippen LogP contribution >= 0.6 is 11.6 Å². The molecule has 0 saturated carbocycles. The summed E-state index contributed by atoms with van der Waals surface area (Å²) in [5.41, 5.74) is 0.636. The van der Waals surface area contributed by atoms with Crippen molar-refractivity contribution in [3.8, 4) is 11.5 Å². The molecule has 0 aliphatic carbocycles. The second-order valence-corrected chi connectivity index (χ2v) is 5.92. The van der Waals surface area contributed by atoms with Gasteiger partial charge in [-0.3, -0.25) is 4.79 Å². The molecule has 2 aromatic carbocycles. The van der Waals surface area contributed by atoms with E-state index in [1.54, 1.807) is 25.1 Å². The lowest BCUT2D eigenvalue weighted by molar-refractivity contribution is 0.0939. The van der Waals surface area contributed by atoms with Crippen molar-refractivity contribution in [2.45, 2.75) is 26.8 Å². The Kier molecular flexibility index (Phi) is 6.80. The van der Waals surface area contributed by atoms with Crippen LogP contribution in [0.5, 0.6) is 11.5 Å². The first-order valence-electron chi connectivity index (χ1n) is 8.22. The summed E-state index contributed by atoms with van der Waals surface area (Å²) in [6.45, 7) is 6.46. The standard InChI is InChI=1S/C19H20ClF2NO3/c1-4-25-17-7-6-12(8-18(17)26-5-2)11(3)23-19(24)13-9-15(21)16(22)10-14(13)20/h6-11H,4-5H2,1-3H3,(H,23,24). The van der Waals surface area contributed by atoms with Gasteiger partial charge in [-0.15, -0.1) is 0 Å². The van der Waals surface area contributed by atoms with E-state index in [4.69, 9.17) is 21.1 Å². The molecular formula is C19H20ClF2NO3. The maximum Gasteiger partial charge on any atom is 0.253 e. The van der Waals surface area contributed by atoms with E-state index in [0.29, 0.717) is 24.7 Å². The molecule has 0 heterocycles. The van der Waals surface area contributed by atoms with Gasteiger partial charge in [0.15, 0.2) is 23.1 Å². The van der Waals surface area contributed by atoms with Crippen LogP contribution in [0.3, 0.4) is 0 Å². The molecule has 0 aliphatic rings. The number of amides is 1. The topological polar surface area (TPSA) is 47.6 Å². The number of carbonyl (C=O) groups excluding carboxylic acids is 1. The molecule has 0 bridgehead atoms. The number of hydrogen-bond acceptors (Lipinski definition) is 3. The third-order valence-corrected chi connectivity index (χ3v) is 3.98. The summed E-state index contributed by atoms with van der Waals surface area (Å²) >= 11 is 5.84. The fourth-order valence-corrected chi connectivity index (χ4v) is 2.63. The highest BCUT2D eigenvalue weighted by molar-refractivity contribution is 6.33. The van der Waals surface area contributed by atoms with Crippen molar-refractivity contribution in [1.82, 2.24) is 5.32 Å². The summed E-state index contributed by atoms with van der Waals surface area (Å²) < 4.78 is 37.6. The van der Waals surface area contributed by atoms with Crippen molar-refractivity contribution in [3.63, 3.8) is 0 Å². The Hall–Kier alpha value is -2.34. The average molecular weight is 384 g/mol. The molecule has 7 heteroatoms. The number of hydrogen-bond donors (Lipinski definition) is 1. The molecule has 1 N–H and O–H groups in total. The van der Waals surface area contributed by atoms with Gasteiger partial charge < -0.3 is 14.8 Å². The van der Waals surface area contributed by atoms with Crippen LogP contribution in [-0.2, 0) is 0 Å². The van der Waals surface area contributed by atoms with Crippen molar-refractivity contribution in [2.24, 2.45) is 0 Å². The van der Waals surface area contributed by atoms with Gasteiger partial charge in [0.1, 0.15) is 0 Å². The molecule has 0 saturated heterocycles. The van der Waals surface area contributed by atoms with Crippen LogP contribution in [0.1, 0.15) is 42.7 Å². The number of halogens is 3. The van der Waals surface area contributed by atoms with Crippen LogP contribution in [0.2, 0.25) is 5.02 Å². The maximum atomic E-state index is 13.4. The molecule has 1 amide bonds. The van der Waals surface area contributed by atoms with Crippen LogP contribution < -0.4 is 14.8 Å². The van der Waals surface area contributed by atoms with Crippen LogP contribution in [0.15, 0.2) is 30.3 Å². The van der Waals surface area contributed by atoms with Gasteiger partial charge in [0.05, 0.1) is 29.8 Å². The van der Waals surface area contributed by atoms with Gasteiger partial charge in [-0.25, -0.2) is 8.78 Å². The van der Waals surface area contributed by atoms with Gasteiger partial charge in [-0.2, -0.15) is 0 Å². The number of ether oxygens (including phenoxy) is 2. The normalized spacial score (nSPS) is 11.8. The minimum atomic E-state index is -1.13. The molecule has 1 atom stereocenters. The molecule has 0 fully saturated rings. The van der Waals surface area contributed by atoms with Gasteiger partial charge in [0.25, 0.3) is 5.91 Å². The van der Waals surface area contributed by atoms with Gasteiger partial charge >= 0.3 is 0 Å². The van der Waals surface area contributed by atoms with E-state index in [9.17, 15) is 13.6 Å². The summed E-state index contributed by atoms with van der Waals surface area (Å²) in [7, 11) is 0. The second-order valence-electron chi connectivity index (χ2n) is 5.51. The lowest BCUT2D eigenvalue weighted by Crippen LogP contribution is -2.27. The van der Waals surface area contributed by atoms with Crippen LogP contribution in [0.25, 0.3) is 0 Å². The Balaban J connectivity index is 2.21. The van der Waals surface area contributed by atoms with E-state index in [2.05, 4.69) is 5.32 Å². The monoisotopic (exact) mass is 383 g/mol. The lowest BCUT2D eigenvalue weighted by atomic mass is 10.1. The van der Waals surface area contributed by atoms with Crippen LogP contribution in [-0.4, -0.2) is 19.1 Å². The predicted octanol–water partition coefficient (Wildman–Crippen LogP) is 4.91. The molecule has 0 aliphatic heterocycles. The zero-order chi connectivity index (χ0) is 19.3. The highest BCUT2D eigenvalue weighted by Crippen LogP contribution is 2.31. The van der Waals surface area contributed by atoms with Gasteiger partial charge in [-0.1, -0.05) is 17.7 Å². The van der Waals surface area contributed by atoms with Crippen molar-refractivity contribution >= 4 is 17.5 Å². The summed E-state index contributed by atoms with van der Waals surface area (Å²) in [5.74, 6) is -1.66. The minimum absolute atomic E-state index is 0.131. The molecule has 0 radical (unpaired) electrons. The Morgan fingerprint density at radius 3 is 2.35 bits per heavy atom. The summed E-state index contributed by atoms with van der Waals surface area (Å²) in [5, 5.41) is 2.55. The lowest BCUT2D eigenvalue weighted by Gasteiger charge is -2.18. The first-order chi connectivity index (χ1) is 12.4. The maximum absolute atomic E-state index is 13.4. The third-order valence-electron chi connectivity index (χ3n) is 3.67. The molecule has 2 aromatic rings. The van der Waals surface area contributed by atoms with E-state index in [-0.39, 0.29) is 10.6 Å². The zero-order valence-corrected chi connectivity index (χ0v) is 15.5. The minimum Gasteiger partial charge on any atom is -0.490 e. The first-order valence-corrected chi connectivity index (χ1v) is 8.60. The van der Waals surface area contributed by atoms with E-state index in [0.717, 1.165) is 17.7 Å². The van der Waals surface area contributed by atoms with Gasteiger partial charge in [0, 0.05) is 0 Å². The van der Waals surface area contributed by atoms with Gasteiger partial charge in [-0.05, 0) is 50.6 Å². The average Bonchev–Trinajstić information content (AvgIpc) is 2.59. The fourth-order valence-electron chi connectivity index (χ4n) is 2.39. The quantitative estimate of drug-likeness (QED) is 0.691. The molecule has 140 valence electrons. The predicted molar refractivity (Wildman–Crippen MR) is 96.0 cm³/mol. The summed E-state index contributed by atoms with van der Waals surface area (Å²) in [6.07, 6.45) is 0. The van der Waals surface area contributed by atoms with Crippen molar-refractivity contribution < 1.29 is 23.0 Å². The molecule has 1 unspecified atom stereocenters. The van der Waals surface area contributed by atoms with Crippen molar-refractivity contribution in [3.05, 3.63) is 58.1 Å². The van der Waals surface area contributed by atoms with E-state index >= 15 is 0 Å². The molecule has 0 spiro atoms. The molecule has 26 heavy (non-hydrogen) atoms. The molecular weight excluding hydrogens is 364 g/mol. The fraction of sp³-hybridized carbons (Fsp3) is 0.316. The summed E-state index contributed by atoms with van der Waals surface area (Å²) in [6, 6.07) is 6.47. The number of carbonyl (C=O) groups is 1. The van der Waals surface area contributed by atoms with E-state index in [1.807, 2.05) is 13.8 Å². The van der Waals surface area contributed by atoms with Gasteiger partial charge in [0.2, 0.25) is 0 Å². The van der Waals surface area contributed by atoms with E-state index < -0.39 is 23.6 Å². The second kappa shape index (κ2) is 8.85. The van der Waals surface area contributed by atoms with Crippen molar-refractivity contribution in [2.75, 3.05) is 13.2 Å². The molecule has 4 nitrogen and oxygen atoms in total. The highest BCUT2D eigenvalue weighted by atomic mass is 35.5. The number of benzene rings is 2. The highest BCUT2D eigenvalue weighted by Gasteiger charge is 2.18. The molecule has 0 aromatic heterocycles. The van der Waals surface area contributed by atoms with Crippen LogP contribution in [0, 0.1) is 11.6 Å². The Morgan fingerprint density at radius 2 is 1.69 bits per heavy atom. The molecule has 2 rings (SSSR count). The Morgan fingerprint density at radius 1 is 1.08 bits per heavy atom. The zero-order valence-electron chi connectivity index (χ0n) is 14.7. The Labute approximate surface area is 156 Å². The SMILES string of the molecule is CCOc1ccc(C(C)NC(=O)c2cc(F)c(F)cc2Cl)cc1OCC. The number of nitrogens with one attached hydrogen (secondary N) is 1. The largest absolute Gasteiger partial charge is 0.490 e. The van der Waals surface area contributed by atoms with Crippen LogP contribution in [0.4, 0.5) is 8.78 Å². The smallest absolute Gasteiger partial charge is 0.253 e. The summed E-state index contributed by atoms with van der Waals surface area (Å²) in [4.78, 5) is 12.4. The number of rotatable bonds is 7. The Bertz CT molecular complexity index is 799. The van der Waals surface area contributed by atoms with E-state index in [1.165, 1.54) is 0 Å². The third kappa shape index (κ3) is 4.64.